The molecule has 4 nitrogen and oxygen atoms in total. The second-order valence-electron chi connectivity index (χ2n) is 3.12. The van der Waals surface area contributed by atoms with Gasteiger partial charge in [0, 0.05) is 12.5 Å². The van der Waals surface area contributed by atoms with Crippen molar-refractivity contribution in [2.75, 3.05) is 0 Å². The molecule has 0 amide bonds. The number of carbonyl (C=O) groups excluding carboxylic acids is 1. The van der Waals surface area contributed by atoms with E-state index in [9.17, 15) is 13.2 Å². The summed E-state index contributed by atoms with van der Waals surface area (Å²) in [4.78, 5) is 10.9. The summed E-state index contributed by atoms with van der Waals surface area (Å²) >= 11 is 0. The minimum atomic E-state index is -3.44. The smallest absolute Gasteiger partial charge is 0.308 e. The van der Waals surface area contributed by atoms with Crippen molar-refractivity contribution in [2.45, 2.75) is 11.8 Å². The molecule has 0 unspecified atom stereocenters. The normalized spacial score (nSPS) is 16.7. The van der Waals surface area contributed by atoms with Crippen molar-refractivity contribution in [1.82, 2.24) is 0 Å². The van der Waals surface area contributed by atoms with Crippen molar-refractivity contribution in [3.8, 4) is 0 Å². The van der Waals surface area contributed by atoms with Gasteiger partial charge in [0.25, 0.3) is 0 Å². The fraction of sp³-hybridized carbons (Fsp3) is 0.100. The maximum absolute atomic E-state index is 11.6. The summed E-state index contributed by atoms with van der Waals surface area (Å²) in [5.41, 5.74) is 0.438. The first-order valence-electron chi connectivity index (χ1n) is 4.25. The van der Waals surface area contributed by atoms with Gasteiger partial charge in [0.1, 0.15) is 0 Å². The lowest BCUT2D eigenvalue weighted by Crippen LogP contribution is -1.96. The summed E-state index contributed by atoms with van der Waals surface area (Å²) in [5, 5.41) is 0.971. The summed E-state index contributed by atoms with van der Waals surface area (Å²) < 4.78 is 28.0. The zero-order valence-electron chi connectivity index (χ0n) is 7.93. The SMILES string of the molecule is CC(=O)OC1=CS(=O)(=O)c2ccccc21. The zero-order chi connectivity index (χ0) is 11.1. The van der Waals surface area contributed by atoms with Gasteiger partial charge in [0.2, 0.25) is 9.84 Å². The van der Waals surface area contributed by atoms with E-state index in [1.807, 2.05) is 0 Å². The van der Waals surface area contributed by atoms with Crippen molar-refractivity contribution >= 4 is 21.6 Å². The highest BCUT2D eigenvalue weighted by molar-refractivity contribution is 7.94. The van der Waals surface area contributed by atoms with E-state index in [4.69, 9.17) is 4.74 Å². The molecule has 78 valence electrons. The third kappa shape index (κ3) is 1.66. The monoisotopic (exact) mass is 224 g/mol. The molecular formula is C10H8O4S. The quantitative estimate of drug-likeness (QED) is 0.675. The van der Waals surface area contributed by atoms with Crippen LogP contribution in [0.5, 0.6) is 0 Å². The average Bonchev–Trinajstić information content (AvgIpc) is 2.39. The lowest BCUT2D eigenvalue weighted by atomic mass is 10.2. The predicted molar refractivity (Wildman–Crippen MR) is 53.4 cm³/mol. The summed E-state index contributed by atoms with van der Waals surface area (Å²) in [6.45, 7) is 1.23. The highest BCUT2D eigenvalue weighted by atomic mass is 32.2. The van der Waals surface area contributed by atoms with Crippen molar-refractivity contribution in [3.63, 3.8) is 0 Å². The van der Waals surface area contributed by atoms with Gasteiger partial charge in [-0.2, -0.15) is 0 Å². The van der Waals surface area contributed by atoms with Crippen LogP contribution in [-0.4, -0.2) is 14.4 Å². The van der Waals surface area contributed by atoms with Crippen LogP contribution in [-0.2, 0) is 19.4 Å². The highest BCUT2D eigenvalue weighted by Crippen LogP contribution is 2.33. The van der Waals surface area contributed by atoms with E-state index in [0.717, 1.165) is 5.41 Å². The van der Waals surface area contributed by atoms with E-state index in [1.165, 1.54) is 13.0 Å². The standard InChI is InChI=1S/C10H8O4S/c1-7(11)14-9-6-15(12,13)10-5-3-2-4-8(9)10/h2-6H,1H3. The Kier molecular flexibility index (Phi) is 2.12. The van der Waals surface area contributed by atoms with Gasteiger partial charge in [-0.25, -0.2) is 8.42 Å². The molecule has 1 aromatic carbocycles. The van der Waals surface area contributed by atoms with Gasteiger partial charge in [0.05, 0.1) is 10.3 Å². The minimum absolute atomic E-state index is 0.0955. The van der Waals surface area contributed by atoms with Crippen molar-refractivity contribution < 1.29 is 17.9 Å². The molecule has 0 spiro atoms. The Balaban J connectivity index is 2.58. The van der Waals surface area contributed by atoms with Gasteiger partial charge < -0.3 is 4.74 Å². The topological polar surface area (TPSA) is 60.4 Å². The zero-order valence-corrected chi connectivity index (χ0v) is 8.74. The van der Waals surface area contributed by atoms with Crippen LogP contribution in [0.4, 0.5) is 0 Å². The molecule has 0 fully saturated rings. The molecule has 0 saturated carbocycles. The van der Waals surface area contributed by atoms with E-state index in [1.54, 1.807) is 18.2 Å². The second kappa shape index (κ2) is 3.20. The number of hydrogen-bond acceptors (Lipinski definition) is 4. The molecule has 0 aliphatic carbocycles. The predicted octanol–water partition coefficient (Wildman–Crippen LogP) is 1.34. The number of sulfone groups is 1. The maximum atomic E-state index is 11.6. The van der Waals surface area contributed by atoms with Crippen LogP contribution >= 0.6 is 0 Å². The Morgan fingerprint density at radius 3 is 2.60 bits per heavy atom. The Bertz CT molecular complexity index is 555. The highest BCUT2D eigenvalue weighted by Gasteiger charge is 2.28. The average molecular weight is 224 g/mol. The second-order valence-corrected chi connectivity index (χ2v) is 4.88. The number of ether oxygens (including phenoxy) is 1. The van der Waals surface area contributed by atoms with Crippen molar-refractivity contribution in [1.29, 1.82) is 0 Å². The molecule has 1 aliphatic heterocycles. The number of benzene rings is 1. The van der Waals surface area contributed by atoms with E-state index in [0.29, 0.717) is 5.56 Å². The Hall–Kier alpha value is -1.62. The largest absolute Gasteiger partial charge is 0.425 e. The number of esters is 1. The number of fused-ring (bicyclic) bond motifs is 1. The van der Waals surface area contributed by atoms with Crippen molar-refractivity contribution in [3.05, 3.63) is 35.2 Å². The van der Waals surface area contributed by atoms with E-state index in [2.05, 4.69) is 0 Å². The molecule has 1 aliphatic rings. The van der Waals surface area contributed by atoms with E-state index >= 15 is 0 Å². The fourth-order valence-electron chi connectivity index (χ4n) is 1.42. The van der Waals surface area contributed by atoms with E-state index < -0.39 is 15.8 Å². The van der Waals surface area contributed by atoms with Crippen LogP contribution in [0.25, 0.3) is 5.76 Å². The summed E-state index contributed by atoms with van der Waals surface area (Å²) in [6.07, 6.45) is 0. The lowest BCUT2D eigenvalue weighted by molar-refractivity contribution is -0.134. The molecule has 0 atom stereocenters. The molecule has 0 bridgehead atoms. The summed E-state index contributed by atoms with van der Waals surface area (Å²) in [6, 6.07) is 6.41. The third-order valence-electron chi connectivity index (χ3n) is 1.97. The molecule has 0 N–H and O–H groups in total. The molecule has 0 saturated heterocycles. The molecule has 1 aromatic rings. The molecule has 1 heterocycles. The Morgan fingerprint density at radius 1 is 1.27 bits per heavy atom. The van der Waals surface area contributed by atoms with Crippen LogP contribution in [0.1, 0.15) is 12.5 Å². The fourth-order valence-corrected chi connectivity index (χ4v) is 2.75. The van der Waals surface area contributed by atoms with Crippen LogP contribution in [0.2, 0.25) is 0 Å². The summed E-state index contributed by atoms with van der Waals surface area (Å²) in [5.74, 6) is -0.439. The molecule has 15 heavy (non-hydrogen) atoms. The molecule has 0 aromatic heterocycles. The molecule has 0 radical (unpaired) electrons. The van der Waals surface area contributed by atoms with Crippen molar-refractivity contribution in [2.24, 2.45) is 0 Å². The number of hydrogen-bond donors (Lipinski definition) is 0. The van der Waals surface area contributed by atoms with Crippen LogP contribution in [0, 0.1) is 0 Å². The van der Waals surface area contributed by atoms with Gasteiger partial charge in [-0.05, 0) is 12.1 Å². The van der Waals surface area contributed by atoms with Gasteiger partial charge in [-0.3, -0.25) is 4.79 Å². The first-order chi connectivity index (χ1) is 7.00. The van der Waals surface area contributed by atoms with Gasteiger partial charge in [-0.1, -0.05) is 12.1 Å². The summed E-state index contributed by atoms with van der Waals surface area (Å²) in [7, 11) is -3.44. The first kappa shape index (κ1) is 9.92. The van der Waals surface area contributed by atoms with Gasteiger partial charge >= 0.3 is 5.97 Å². The lowest BCUT2D eigenvalue weighted by Gasteiger charge is -2.02. The van der Waals surface area contributed by atoms with Gasteiger partial charge in [0.15, 0.2) is 5.76 Å². The number of rotatable bonds is 1. The molecule has 2 rings (SSSR count). The van der Waals surface area contributed by atoms with Crippen LogP contribution in [0.3, 0.4) is 0 Å². The first-order valence-corrected chi connectivity index (χ1v) is 5.80. The van der Waals surface area contributed by atoms with Gasteiger partial charge in [-0.15, -0.1) is 0 Å². The maximum Gasteiger partial charge on any atom is 0.308 e. The molecule has 5 heteroatoms. The van der Waals surface area contributed by atoms with Crippen LogP contribution < -0.4 is 0 Å². The Morgan fingerprint density at radius 2 is 1.93 bits per heavy atom. The number of carbonyl (C=O) groups is 1. The minimum Gasteiger partial charge on any atom is -0.425 e. The van der Waals surface area contributed by atoms with Crippen LogP contribution in [0.15, 0.2) is 34.6 Å². The Labute approximate surface area is 87.1 Å². The van der Waals surface area contributed by atoms with E-state index in [-0.39, 0.29) is 10.7 Å². The third-order valence-corrected chi connectivity index (χ3v) is 3.47. The molecular weight excluding hydrogens is 216 g/mol.